The Morgan fingerprint density at radius 2 is 2.07 bits per heavy atom. The highest BCUT2D eigenvalue weighted by molar-refractivity contribution is 5.78. The van der Waals surface area contributed by atoms with Crippen molar-refractivity contribution < 1.29 is 24.9 Å². The molecule has 5 heteroatoms. The van der Waals surface area contributed by atoms with Crippen LogP contribution < -0.4 is 4.74 Å². The molecule has 1 atom stereocenters. The molecule has 3 N–H and O–H groups in total. The van der Waals surface area contributed by atoms with Gasteiger partial charge in [-0.25, -0.2) is 4.79 Å². The summed E-state index contributed by atoms with van der Waals surface area (Å²) in [7, 11) is 1.34. The summed E-state index contributed by atoms with van der Waals surface area (Å²) >= 11 is 0. The van der Waals surface area contributed by atoms with Gasteiger partial charge in [0.2, 0.25) is 0 Å². The van der Waals surface area contributed by atoms with Crippen LogP contribution in [-0.4, -0.2) is 28.4 Å². The van der Waals surface area contributed by atoms with Gasteiger partial charge in [0, 0.05) is 0 Å². The molecule has 82 valence electrons. The quantitative estimate of drug-likeness (QED) is 0.686. The van der Waals surface area contributed by atoms with E-state index in [4.69, 9.17) is 9.84 Å². The van der Waals surface area contributed by atoms with E-state index in [1.165, 1.54) is 25.3 Å². The van der Waals surface area contributed by atoms with E-state index in [2.05, 4.69) is 0 Å². The van der Waals surface area contributed by atoms with Gasteiger partial charge in [0.05, 0.1) is 7.11 Å². The van der Waals surface area contributed by atoms with Gasteiger partial charge in [-0.3, -0.25) is 0 Å². The maximum atomic E-state index is 10.8. The molecule has 0 amide bonds. The van der Waals surface area contributed by atoms with Gasteiger partial charge in [-0.2, -0.15) is 0 Å². The molecular formula is C10H12O5. The lowest BCUT2D eigenvalue weighted by atomic mass is 9.96. The van der Waals surface area contributed by atoms with Crippen molar-refractivity contribution >= 4 is 5.97 Å². The third-order valence-electron chi connectivity index (χ3n) is 2.16. The summed E-state index contributed by atoms with van der Waals surface area (Å²) in [5.74, 6) is -1.35. The fourth-order valence-corrected chi connectivity index (χ4v) is 1.10. The maximum absolute atomic E-state index is 10.8. The van der Waals surface area contributed by atoms with Crippen molar-refractivity contribution in [3.8, 4) is 11.5 Å². The van der Waals surface area contributed by atoms with Gasteiger partial charge in [-0.15, -0.1) is 0 Å². The van der Waals surface area contributed by atoms with E-state index in [1.807, 2.05) is 0 Å². The summed E-state index contributed by atoms with van der Waals surface area (Å²) in [6.07, 6.45) is 0. The number of aromatic hydroxyl groups is 1. The van der Waals surface area contributed by atoms with E-state index in [0.717, 1.165) is 6.92 Å². The summed E-state index contributed by atoms with van der Waals surface area (Å²) in [6, 6.07) is 3.88. The van der Waals surface area contributed by atoms with Crippen molar-refractivity contribution in [2.75, 3.05) is 7.11 Å². The lowest BCUT2D eigenvalue weighted by Gasteiger charge is -2.19. The minimum absolute atomic E-state index is 0.109. The van der Waals surface area contributed by atoms with E-state index in [1.54, 1.807) is 0 Å². The molecule has 1 rings (SSSR count). The summed E-state index contributed by atoms with van der Waals surface area (Å²) < 4.78 is 4.81. The SMILES string of the molecule is COc1cc(C(C)(O)C(=O)O)ccc1O. The first-order valence-corrected chi connectivity index (χ1v) is 4.23. The second kappa shape index (κ2) is 3.78. The highest BCUT2D eigenvalue weighted by Crippen LogP contribution is 2.31. The number of phenolic OH excluding ortho intramolecular Hbond substituents is 1. The Kier molecular flexibility index (Phi) is 2.85. The second-order valence-electron chi connectivity index (χ2n) is 3.26. The molecule has 0 aliphatic heterocycles. The first-order chi connectivity index (χ1) is 6.89. The molecular weight excluding hydrogens is 200 g/mol. The zero-order valence-corrected chi connectivity index (χ0v) is 8.39. The molecule has 0 saturated heterocycles. The standard InChI is InChI=1S/C10H12O5/c1-10(14,9(12)13)6-3-4-7(11)8(5-6)15-2/h3-5,11,14H,1-2H3,(H,12,13). The first-order valence-electron chi connectivity index (χ1n) is 4.23. The molecule has 0 spiro atoms. The number of carbonyl (C=O) groups is 1. The fraction of sp³-hybridized carbons (Fsp3) is 0.300. The Morgan fingerprint density at radius 3 is 2.53 bits per heavy atom. The van der Waals surface area contributed by atoms with E-state index in [9.17, 15) is 15.0 Å². The lowest BCUT2D eigenvalue weighted by Crippen LogP contribution is -2.31. The number of hydrogen-bond acceptors (Lipinski definition) is 4. The first kappa shape index (κ1) is 11.3. The molecule has 0 fully saturated rings. The number of ether oxygens (including phenoxy) is 1. The Labute approximate surface area is 86.5 Å². The highest BCUT2D eigenvalue weighted by atomic mass is 16.5. The molecule has 0 aliphatic rings. The third-order valence-corrected chi connectivity index (χ3v) is 2.16. The minimum Gasteiger partial charge on any atom is -0.504 e. The number of aliphatic hydroxyl groups is 1. The Hall–Kier alpha value is -1.75. The van der Waals surface area contributed by atoms with Gasteiger partial charge in [-0.05, 0) is 24.6 Å². The number of carboxylic acid groups (broad SMARTS) is 1. The number of rotatable bonds is 3. The average Bonchev–Trinajstić information content (AvgIpc) is 2.18. The molecule has 1 aromatic rings. The maximum Gasteiger partial charge on any atom is 0.340 e. The van der Waals surface area contributed by atoms with Crippen molar-refractivity contribution in [2.45, 2.75) is 12.5 Å². The van der Waals surface area contributed by atoms with Gasteiger partial charge in [0.25, 0.3) is 0 Å². The third kappa shape index (κ3) is 2.02. The van der Waals surface area contributed by atoms with Crippen LogP contribution in [0.1, 0.15) is 12.5 Å². The number of carboxylic acids is 1. The molecule has 1 unspecified atom stereocenters. The van der Waals surface area contributed by atoms with Crippen molar-refractivity contribution in [3.63, 3.8) is 0 Å². The van der Waals surface area contributed by atoms with Crippen LogP contribution in [0.25, 0.3) is 0 Å². The summed E-state index contributed by atoms with van der Waals surface area (Å²) in [5.41, 5.74) is -1.86. The van der Waals surface area contributed by atoms with Gasteiger partial charge >= 0.3 is 5.97 Å². The lowest BCUT2D eigenvalue weighted by molar-refractivity contribution is -0.157. The molecule has 1 aromatic carbocycles. The normalized spacial score (nSPS) is 14.3. The summed E-state index contributed by atoms with van der Waals surface area (Å²) in [6.45, 7) is 1.15. The monoisotopic (exact) mass is 212 g/mol. The van der Waals surface area contributed by atoms with Gasteiger partial charge in [0.1, 0.15) is 0 Å². The second-order valence-corrected chi connectivity index (χ2v) is 3.26. The molecule has 0 bridgehead atoms. The van der Waals surface area contributed by atoms with E-state index in [-0.39, 0.29) is 17.1 Å². The Morgan fingerprint density at radius 1 is 1.47 bits per heavy atom. The summed E-state index contributed by atoms with van der Waals surface area (Å²) in [5, 5.41) is 27.7. The zero-order chi connectivity index (χ0) is 11.6. The Bertz CT molecular complexity index is 383. The van der Waals surface area contributed by atoms with Crippen LogP contribution in [0.2, 0.25) is 0 Å². The van der Waals surface area contributed by atoms with Crippen molar-refractivity contribution in [3.05, 3.63) is 23.8 Å². The molecule has 15 heavy (non-hydrogen) atoms. The summed E-state index contributed by atoms with van der Waals surface area (Å²) in [4.78, 5) is 10.8. The smallest absolute Gasteiger partial charge is 0.340 e. The predicted molar refractivity (Wildman–Crippen MR) is 51.9 cm³/mol. The molecule has 0 radical (unpaired) electrons. The van der Waals surface area contributed by atoms with Crippen LogP contribution >= 0.6 is 0 Å². The number of hydrogen-bond donors (Lipinski definition) is 3. The fourth-order valence-electron chi connectivity index (χ4n) is 1.10. The van der Waals surface area contributed by atoms with Crippen molar-refractivity contribution in [1.82, 2.24) is 0 Å². The van der Waals surface area contributed by atoms with Gasteiger partial charge in [-0.1, -0.05) is 6.07 Å². The van der Waals surface area contributed by atoms with Crippen LogP contribution in [0.15, 0.2) is 18.2 Å². The van der Waals surface area contributed by atoms with Crippen LogP contribution in [-0.2, 0) is 10.4 Å². The molecule has 0 aliphatic carbocycles. The van der Waals surface area contributed by atoms with E-state index >= 15 is 0 Å². The predicted octanol–water partition coefficient (Wildman–Crippen LogP) is 0.693. The largest absolute Gasteiger partial charge is 0.504 e. The molecule has 0 aromatic heterocycles. The zero-order valence-electron chi connectivity index (χ0n) is 8.39. The molecule has 5 nitrogen and oxygen atoms in total. The molecule has 0 heterocycles. The van der Waals surface area contributed by atoms with Crippen molar-refractivity contribution in [2.24, 2.45) is 0 Å². The van der Waals surface area contributed by atoms with E-state index in [0.29, 0.717) is 0 Å². The van der Waals surface area contributed by atoms with Crippen LogP contribution in [0.4, 0.5) is 0 Å². The number of aliphatic carboxylic acids is 1. The average molecular weight is 212 g/mol. The number of methoxy groups -OCH3 is 1. The van der Waals surface area contributed by atoms with Crippen LogP contribution in [0.5, 0.6) is 11.5 Å². The topological polar surface area (TPSA) is 87.0 Å². The minimum atomic E-state index is -2.00. The number of benzene rings is 1. The number of phenols is 1. The van der Waals surface area contributed by atoms with Crippen LogP contribution in [0, 0.1) is 0 Å². The molecule has 0 saturated carbocycles. The van der Waals surface area contributed by atoms with Crippen molar-refractivity contribution in [1.29, 1.82) is 0 Å². The highest BCUT2D eigenvalue weighted by Gasteiger charge is 2.32. The van der Waals surface area contributed by atoms with Gasteiger partial charge in [0.15, 0.2) is 17.1 Å². The Balaban J connectivity index is 3.22. The van der Waals surface area contributed by atoms with E-state index < -0.39 is 11.6 Å². The van der Waals surface area contributed by atoms with Crippen LogP contribution in [0.3, 0.4) is 0 Å². The van der Waals surface area contributed by atoms with Gasteiger partial charge < -0.3 is 20.1 Å².